The number of nitrogens with one attached hydrogen (secondary N) is 1. The van der Waals surface area contributed by atoms with Crippen LogP contribution in [-0.4, -0.2) is 42.5 Å². The van der Waals surface area contributed by atoms with Gasteiger partial charge in [0.05, 0.1) is 5.54 Å². The number of carbonyl (C=O) groups is 1. The lowest BCUT2D eigenvalue weighted by atomic mass is 9.77. The zero-order chi connectivity index (χ0) is 12.2. The summed E-state index contributed by atoms with van der Waals surface area (Å²) >= 11 is 0. The molecule has 0 aromatic carbocycles. The summed E-state index contributed by atoms with van der Waals surface area (Å²) in [5.74, 6) is 0.0244. The van der Waals surface area contributed by atoms with Gasteiger partial charge >= 0.3 is 0 Å². The number of amides is 1. The van der Waals surface area contributed by atoms with Gasteiger partial charge < -0.3 is 16.0 Å². The van der Waals surface area contributed by atoms with Crippen molar-refractivity contribution in [1.29, 1.82) is 0 Å². The first kappa shape index (κ1) is 13.5. The number of nitrogens with two attached hydrogens (primary N) is 1. The van der Waals surface area contributed by atoms with Crippen molar-refractivity contribution in [3.63, 3.8) is 0 Å². The third kappa shape index (κ3) is 3.19. The second-order valence-electron chi connectivity index (χ2n) is 5.00. The summed E-state index contributed by atoms with van der Waals surface area (Å²) in [5, 5.41) is 2.93. The van der Waals surface area contributed by atoms with E-state index >= 15 is 0 Å². The molecular weight excluding hydrogens is 202 g/mol. The first-order chi connectivity index (χ1) is 7.49. The van der Waals surface area contributed by atoms with Gasteiger partial charge in [-0.05, 0) is 39.7 Å². The second kappa shape index (κ2) is 5.64. The molecule has 0 saturated heterocycles. The Balaban J connectivity index is 2.18. The lowest BCUT2D eigenvalue weighted by molar-refractivity contribution is -0.129. The van der Waals surface area contributed by atoms with Crippen LogP contribution in [0.5, 0.6) is 0 Å². The molecule has 1 fully saturated rings. The Morgan fingerprint density at radius 3 is 2.62 bits per heavy atom. The van der Waals surface area contributed by atoms with Gasteiger partial charge in [-0.1, -0.05) is 6.92 Å². The average Bonchev–Trinajstić information content (AvgIpc) is 2.24. The van der Waals surface area contributed by atoms with E-state index in [0.29, 0.717) is 12.6 Å². The Kier molecular flexibility index (Phi) is 4.74. The maximum Gasteiger partial charge on any atom is 0.240 e. The minimum Gasteiger partial charge on any atom is -0.353 e. The summed E-state index contributed by atoms with van der Waals surface area (Å²) in [6, 6.07) is 0.562. The normalized spacial score (nSPS) is 20.3. The zero-order valence-corrected chi connectivity index (χ0v) is 10.8. The predicted molar refractivity (Wildman–Crippen MR) is 66.2 cm³/mol. The van der Waals surface area contributed by atoms with Crippen LogP contribution in [0.2, 0.25) is 0 Å². The number of carbonyl (C=O) groups excluding carboxylic acids is 1. The predicted octanol–water partition coefficient (Wildman–Crippen LogP) is 0.714. The minimum absolute atomic E-state index is 0.0244. The molecule has 0 bridgehead atoms. The van der Waals surface area contributed by atoms with Crippen LogP contribution in [0, 0.1) is 0 Å². The van der Waals surface area contributed by atoms with Crippen molar-refractivity contribution in [2.24, 2.45) is 5.73 Å². The third-order valence-corrected chi connectivity index (χ3v) is 3.79. The van der Waals surface area contributed by atoms with E-state index in [2.05, 4.69) is 31.1 Å². The van der Waals surface area contributed by atoms with Gasteiger partial charge in [0.15, 0.2) is 0 Å². The number of hydrogen-bond donors (Lipinski definition) is 2. The molecule has 1 aliphatic rings. The molecule has 94 valence electrons. The Labute approximate surface area is 98.6 Å². The standard InChI is InChI=1S/C12H25N3O/c1-4-10(2)15(3)9-8-14-11(16)12(13)6-5-7-12/h10H,4-9,13H2,1-3H3,(H,14,16). The van der Waals surface area contributed by atoms with Crippen LogP contribution < -0.4 is 11.1 Å². The Morgan fingerprint density at radius 1 is 1.56 bits per heavy atom. The van der Waals surface area contributed by atoms with Crippen molar-refractivity contribution in [2.75, 3.05) is 20.1 Å². The molecule has 0 aliphatic heterocycles. The van der Waals surface area contributed by atoms with Crippen LogP contribution in [-0.2, 0) is 4.79 Å². The molecule has 1 saturated carbocycles. The van der Waals surface area contributed by atoms with Crippen LogP contribution in [0.25, 0.3) is 0 Å². The van der Waals surface area contributed by atoms with Crippen molar-refractivity contribution in [3.8, 4) is 0 Å². The summed E-state index contributed by atoms with van der Waals surface area (Å²) in [5.41, 5.74) is 5.36. The number of rotatable bonds is 6. The highest BCUT2D eigenvalue weighted by Crippen LogP contribution is 2.28. The first-order valence-corrected chi connectivity index (χ1v) is 6.27. The number of hydrogen-bond acceptors (Lipinski definition) is 3. The van der Waals surface area contributed by atoms with E-state index in [4.69, 9.17) is 5.73 Å². The molecule has 0 radical (unpaired) electrons. The molecular formula is C12H25N3O. The lowest BCUT2D eigenvalue weighted by Crippen LogP contribution is -2.59. The van der Waals surface area contributed by atoms with Gasteiger partial charge in [0.2, 0.25) is 5.91 Å². The highest BCUT2D eigenvalue weighted by atomic mass is 16.2. The van der Waals surface area contributed by atoms with Crippen molar-refractivity contribution in [2.45, 2.75) is 51.1 Å². The topological polar surface area (TPSA) is 58.4 Å². The maximum absolute atomic E-state index is 11.7. The molecule has 1 atom stereocenters. The fourth-order valence-corrected chi connectivity index (χ4v) is 1.84. The molecule has 4 heteroatoms. The Bertz CT molecular complexity index is 238. The van der Waals surface area contributed by atoms with Gasteiger partial charge in [-0.2, -0.15) is 0 Å². The lowest BCUT2D eigenvalue weighted by Gasteiger charge is -2.36. The molecule has 16 heavy (non-hydrogen) atoms. The number of nitrogens with zero attached hydrogens (tertiary/aromatic N) is 1. The van der Waals surface area contributed by atoms with Crippen LogP contribution in [0.3, 0.4) is 0 Å². The van der Waals surface area contributed by atoms with Crippen LogP contribution in [0.1, 0.15) is 39.5 Å². The monoisotopic (exact) mass is 227 g/mol. The molecule has 0 heterocycles. The second-order valence-corrected chi connectivity index (χ2v) is 5.00. The summed E-state index contributed by atoms with van der Waals surface area (Å²) in [6.45, 7) is 5.94. The summed E-state index contributed by atoms with van der Waals surface area (Å²) < 4.78 is 0. The van der Waals surface area contributed by atoms with E-state index in [9.17, 15) is 4.79 Å². The van der Waals surface area contributed by atoms with E-state index in [0.717, 1.165) is 32.2 Å². The summed E-state index contributed by atoms with van der Waals surface area (Å²) in [7, 11) is 2.09. The summed E-state index contributed by atoms with van der Waals surface area (Å²) in [6.07, 6.45) is 3.88. The van der Waals surface area contributed by atoms with Gasteiger partial charge in [-0.3, -0.25) is 4.79 Å². The van der Waals surface area contributed by atoms with E-state index < -0.39 is 5.54 Å². The smallest absolute Gasteiger partial charge is 0.240 e. The molecule has 1 rings (SSSR count). The molecule has 0 spiro atoms. The highest BCUT2D eigenvalue weighted by Gasteiger charge is 2.39. The van der Waals surface area contributed by atoms with Crippen molar-refractivity contribution in [1.82, 2.24) is 10.2 Å². The van der Waals surface area contributed by atoms with E-state index in [1.807, 2.05) is 0 Å². The highest BCUT2D eigenvalue weighted by molar-refractivity contribution is 5.86. The maximum atomic E-state index is 11.7. The van der Waals surface area contributed by atoms with Gasteiger partial charge in [0.1, 0.15) is 0 Å². The molecule has 1 aliphatic carbocycles. The molecule has 0 aromatic heterocycles. The Morgan fingerprint density at radius 2 is 2.19 bits per heavy atom. The fraction of sp³-hybridized carbons (Fsp3) is 0.917. The van der Waals surface area contributed by atoms with Gasteiger partial charge in [0, 0.05) is 19.1 Å². The van der Waals surface area contributed by atoms with Gasteiger partial charge in [0.25, 0.3) is 0 Å². The molecule has 1 amide bonds. The molecule has 4 nitrogen and oxygen atoms in total. The minimum atomic E-state index is -0.561. The van der Waals surface area contributed by atoms with Crippen LogP contribution in [0.15, 0.2) is 0 Å². The molecule has 1 unspecified atom stereocenters. The average molecular weight is 227 g/mol. The van der Waals surface area contributed by atoms with Crippen LogP contribution in [0.4, 0.5) is 0 Å². The van der Waals surface area contributed by atoms with E-state index in [1.165, 1.54) is 0 Å². The summed E-state index contributed by atoms with van der Waals surface area (Å²) in [4.78, 5) is 14.0. The first-order valence-electron chi connectivity index (χ1n) is 6.27. The SMILES string of the molecule is CCC(C)N(C)CCNC(=O)C1(N)CCC1. The zero-order valence-electron chi connectivity index (χ0n) is 10.8. The van der Waals surface area contributed by atoms with Crippen LogP contribution >= 0.6 is 0 Å². The largest absolute Gasteiger partial charge is 0.353 e. The van der Waals surface area contributed by atoms with Crippen molar-refractivity contribution in [3.05, 3.63) is 0 Å². The third-order valence-electron chi connectivity index (χ3n) is 3.79. The van der Waals surface area contributed by atoms with Crippen molar-refractivity contribution >= 4 is 5.91 Å². The quantitative estimate of drug-likeness (QED) is 0.703. The molecule has 3 N–H and O–H groups in total. The van der Waals surface area contributed by atoms with E-state index in [-0.39, 0.29) is 5.91 Å². The van der Waals surface area contributed by atoms with E-state index in [1.54, 1.807) is 0 Å². The van der Waals surface area contributed by atoms with Crippen molar-refractivity contribution < 1.29 is 4.79 Å². The van der Waals surface area contributed by atoms with Gasteiger partial charge in [-0.15, -0.1) is 0 Å². The fourth-order valence-electron chi connectivity index (χ4n) is 1.84. The molecule has 0 aromatic rings. The number of likely N-dealkylation sites (N-methyl/N-ethyl adjacent to an activating group) is 1. The Hall–Kier alpha value is -0.610. The van der Waals surface area contributed by atoms with Gasteiger partial charge in [-0.25, -0.2) is 0 Å².